The third kappa shape index (κ3) is 3.20. The summed E-state index contributed by atoms with van der Waals surface area (Å²) in [5.41, 5.74) is 5.86. The number of ether oxygens (including phenoxy) is 1. The summed E-state index contributed by atoms with van der Waals surface area (Å²) in [5.74, 6) is 0. The van der Waals surface area contributed by atoms with E-state index in [9.17, 15) is 8.42 Å². The molecule has 2 atom stereocenters. The van der Waals surface area contributed by atoms with Crippen LogP contribution in [-0.4, -0.2) is 27.7 Å². The smallest absolute Gasteiger partial charge is 0.244 e. The number of nitrogens with two attached hydrogens (primary N) is 1. The van der Waals surface area contributed by atoms with Gasteiger partial charge >= 0.3 is 0 Å². The van der Waals surface area contributed by atoms with Gasteiger partial charge in [-0.3, -0.25) is 0 Å². The Labute approximate surface area is 118 Å². The summed E-state index contributed by atoms with van der Waals surface area (Å²) < 4.78 is 32.5. The fourth-order valence-corrected chi connectivity index (χ4v) is 4.31. The number of sulfonamides is 1. The molecule has 1 aliphatic rings. The van der Waals surface area contributed by atoms with E-state index in [1.165, 1.54) is 12.1 Å². The van der Waals surface area contributed by atoms with Gasteiger partial charge in [-0.2, -0.15) is 0 Å². The molecule has 0 amide bonds. The summed E-state index contributed by atoms with van der Waals surface area (Å²) in [6.07, 6.45) is 2.38. The molecule has 106 valence electrons. The van der Waals surface area contributed by atoms with E-state index >= 15 is 0 Å². The Morgan fingerprint density at radius 1 is 1.42 bits per heavy atom. The topological polar surface area (TPSA) is 81.4 Å². The van der Waals surface area contributed by atoms with Crippen LogP contribution in [0.5, 0.6) is 0 Å². The largest absolute Gasteiger partial charge is 0.398 e. The minimum Gasteiger partial charge on any atom is -0.398 e. The third-order valence-corrected chi connectivity index (χ3v) is 5.37. The van der Waals surface area contributed by atoms with E-state index in [0.29, 0.717) is 6.42 Å². The van der Waals surface area contributed by atoms with Crippen LogP contribution in [0.15, 0.2) is 23.1 Å². The maximum Gasteiger partial charge on any atom is 0.244 e. The zero-order valence-corrected chi connectivity index (χ0v) is 12.2. The Balaban J connectivity index is 2.20. The van der Waals surface area contributed by atoms with Crippen molar-refractivity contribution in [2.75, 3.05) is 12.8 Å². The minimum absolute atomic E-state index is 0.0440. The predicted octanol–water partition coefficient (Wildman–Crippen LogP) is 1.77. The van der Waals surface area contributed by atoms with Crippen molar-refractivity contribution in [1.29, 1.82) is 0 Å². The lowest BCUT2D eigenvalue weighted by Crippen LogP contribution is -2.34. The molecular formula is C12H17ClN2O3S. The van der Waals surface area contributed by atoms with Gasteiger partial charge in [0.1, 0.15) is 4.90 Å². The Kier molecular flexibility index (Phi) is 4.35. The molecule has 0 bridgehead atoms. The Hall–Kier alpha value is -0.820. The van der Waals surface area contributed by atoms with Crippen LogP contribution >= 0.6 is 11.6 Å². The van der Waals surface area contributed by atoms with E-state index in [1.807, 2.05) is 0 Å². The molecule has 2 unspecified atom stereocenters. The lowest BCUT2D eigenvalue weighted by Gasteiger charge is -2.15. The molecule has 1 aliphatic carbocycles. The molecule has 1 aromatic rings. The summed E-state index contributed by atoms with van der Waals surface area (Å²) in [4.78, 5) is -0.0440. The second kappa shape index (κ2) is 5.66. The lowest BCUT2D eigenvalue weighted by atomic mass is 10.3. The van der Waals surface area contributed by atoms with Crippen molar-refractivity contribution in [3.05, 3.63) is 23.2 Å². The number of nitrogen functional groups attached to an aromatic ring is 1. The van der Waals surface area contributed by atoms with Gasteiger partial charge in [-0.15, -0.1) is 0 Å². The van der Waals surface area contributed by atoms with Crippen molar-refractivity contribution in [2.45, 2.75) is 36.3 Å². The van der Waals surface area contributed by atoms with Crippen LogP contribution in [0.4, 0.5) is 5.69 Å². The SMILES string of the molecule is COC1CCC(NS(=O)(=O)c2c(N)cccc2Cl)C1. The van der Waals surface area contributed by atoms with Gasteiger partial charge in [-0.1, -0.05) is 17.7 Å². The first-order chi connectivity index (χ1) is 8.94. The zero-order valence-electron chi connectivity index (χ0n) is 10.6. The summed E-state index contributed by atoms with van der Waals surface area (Å²) >= 11 is 5.93. The molecule has 19 heavy (non-hydrogen) atoms. The second-order valence-electron chi connectivity index (χ2n) is 4.65. The van der Waals surface area contributed by atoms with Gasteiger partial charge in [0.25, 0.3) is 0 Å². The fourth-order valence-electron chi connectivity index (χ4n) is 2.35. The molecule has 2 rings (SSSR count). The highest BCUT2D eigenvalue weighted by atomic mass is 35.5. The van der Waals surface area contributed by atoms with Gasteiger partial charge in [0, 0.05) is 13.2 Å². The molecule has 0 aliphatic heterocycles. The van der Waals surface area contributed by atoms with Crippen LogP contribution in [0, 0.1) is 0 Å². The molecule has 3 N–H and O–H groups in total. The quantitative estimate of drug-likeness (QED) is 0.831. The second-order valence-corrected chi connectivity index (χ2v) is 6.71. The van der Waals surface area contributed by atoms with E-state index in [4.69, 9.17) is 22.1 Å². The fraction of sp³-hybridized carbons (Fsp3) is 0.500. The number of halogens is 1. The summed E-state index contributed by atoms with van der Waals surface area (Å²) in [6, 6.07) is 4.52. The number of nitrogens with one attached hydrogen (secondary N) is 1. The Morgan fingerprint density at radius 2 is 2.16 bits per heavy atom. The maximum atomic E-state index is 12.3. The molecule has 1 saturated carbocycles. The molecule has 0 heterocycles. The number of benzene rings is 1. The van der Waals surface area contributed by atoms with E-state index < -0.39 is 10.0 Å². The highest BCUT2D eigenvalue weighted by Gasteiger charge is 2.30. The van der Waals surface area contributed by atoms with Crippen LogP contribution in [0.2, 0.25) is 5.02 Å². The molecule has 0 aromatic heterocycles. The average molecular weight is 305 g/mol. The normalized spacial score (nSPS) is 23.7. The van der Waals surface area contributed by atoms with Gasteiger partial charge in [0.2, 0.25) is 10.0 Å². The highest BCUT2D eigenvalue weighted by molar-refractivity contribution is 7.89. The Morgan fingerprint density at radius 3 is 2.74 bits per heavy atom. The molecule has 5 nitrogen and oxygen atoms in total. The van der Waals surface area contributed by atoms with E-state index in [1.54, 1.807) is 13.2 Å². The summed E-state index contributed by atoms with van der Waals surface area (Å²) in [6.45, 7) is 0. The number of rotatable bonds is 4. The monoisotopic (exact) mass is 304 g/mol. The van der Waals surface area contributed by atoms with Gasteiger partial charge in [0.05, 0.1) is 16.8 Å². The molecule has 0 radical (unpaired) electrons. The van der Waals surface area contributed by atoms with Crippen molar-refractivity contribution in [3.63, 3.8) is 0 Å². The molecule has 1 fully saturated rings. The van der Waals surface area contributed by atoms with Gasteiger partial charge in [0.15, 0.2) is 0 Å². The first-order valence-corrected chi connectivity index (χ1v) is 7.89. The van der Waals surface area contributed by atoms with Crippen molar-refractivity contribution in [2.24, 2.45) is 0 Å². The summed E-state index contributed by atoms with van der Waals surface area (Å²) in [5, 5.41) is 0.133. The molecule has 7 heteroatoms. The van der Waals surface area contributed by atoms with Crippen LogP contribution in [0.1, 0.15) is 19.3 Å². The third-order valence-electron chi connectivity index (χ3n) is 3.31. The van der Waals surface area contributed by atoms with Crippen LogP contribution in [0.25, 0.3) is 0 Å². The van der Waals surface area contributed by atoms with Gasteiger partial charge in [-0.05, 0) is 31.4 Å². The van der Waals surface area contributed by atoms with Crippen LogP contribution < -0.4 is 10.5 Å². The van der Waals surface area contributed by atoms with E-state index in [2.05, 4.69) is 4.72 Å². The van der Waals surface area contributed by atoms with Crippen LogP contribution in [0.3, 0.4) is 0 Å². The molecule has 0 spiro atoms. The maximum absolute atomic E-state index is 12.3. The van der Waals surface area contributed by atoms with Gasteiger partial charge in [-0.25, -0.2) is 13.1 Å². The van der Waals surface area contributed by atoms with E-state index in [-0.39, 0.29) is 27.8 Å². The highest BCUT2D eigenvalue weighted by Crippen LogP contribution is 2.29. The van der Waals surface area contributed by atoms with Crippen molar-refractivity contribution < 1.29 is 13.2 Å². The number of hydrogen-bond donors (Lipinski definition) is 2. The minimum atomic E-state index is -3.70. The van der Waals surface area contributed by atoms with Crippen LogP contribution in [-0.2, 0) is 14.8 Å². The number of hydrogen-bond acceptors (Lipinski definition) is 4. The average Bonchev–Trinajstić information content (AvgIpc) is 2.75. The lowest BCUT2D eigenvalue weighted by molar-refractivity contribution is 0.107. The van der Waals surface area contributed by atoms with Gasteiger partial charge < -0.3 is 10.5 Å². The number of anilines is 1. The van der Waals surface area contributed by atoms with Crippen molar-refractivity contribution >= 4 is 27.3 Å². The van der Waals surface area contributed by atoms with Crippen molar-refractivity contribution in [1.82, 2.24) is 4.72 Å². The first kappa shape index (κ1) is 14.6. The first-order valence-electron chi connectivity index (χ1n) is 6.03. The van der Waals surface area contributed by atoms with Crippen molar-refractivity contribution in [3.8, 4) is 0 Å². The molecule has 1 aromatic carbocycles. The molecular weight excluding hydrogens is 288 g/mol. The Bertz CT molecular complexity index is 542. The predicted molar refractivity (Wildman–Crippen MR) is 74.6 cm³/mol. The zero-order chi connectivity index (χ0) is 14.0. The van der Waals surface area contributed by atoms with E-state index in [0.717, 1.165) is 12.8 Å². The number of methoxy groups -OCH3 is 1. The summed E-state index contributed by atoms with van der Waals surface area (Å²) in [7, 11) is -2.07. The standard InChI is InChI=1S/C12H17ClN2O3S/c1-18-9-6-5-8(7-9)15-19(16,17)12-10(13)3-2-4-11(12)14/h2-4,8-9,15H,5-7,14H2,1H3. The molecule has 0 saturated heterocycles.